The Labute approximate surface area is 101 Å². The van der Waals surface area contributed by atoms with Crippen LogP contribution in [0, 0.1) is 5.82 Å². The number of carbonyl (C=O) groups is 1. The van der Waals surface area contributed by atoms with Crippen molar-refractivity contribution in [3.63, 3.8) is 0 Å². The average molecular weight is 239 g/mol. The van der Waals surface area contributed by atoms with Crippen molar-refractivity contribution in [2.45, 2.75) is 26.3 Å². The quantitative estimate of drug-likeness (QED) is 0.847. The van der Waals surface area contributed by atoms with Gasteiger partial charge in [0.1, 0.15) is 5.82 Å². The summed E-state index contributed by atoms with van der Waals surface area (Å²) in [4.78, 5) is 13.5. The predicted molar refractivity (Wildman–Crippen MR) is 64.0 cm³/mol. The molecular formula is C13H18FNO2. The van der Waals surface area contributed by atoms with Crippen molar-refractivity contribution in [2.24, 2.45) is 0 Å². The van der Waals surface area contributed by atoms with E-state index in [-0.39, 0.29) is 37.3 Å². The number of carbonyl (C=O) groups excluding carboxylic acids is 1. The fourth-order valence-corrected chi connectivity index (χ4v) is 1.68. The van der Waals surface area contributed by atoms with Gasteiger partial charge < -0.3 is 10.0 Å². The summed E-state index contributed by atoms with van der Waals surface area (Å²) in [5.41, 5.74) is 0.390. The smallest absolute Gasteiger partial charge is 0.227 e. The van der Waals surface area contributed by atoms with E-state index in [1.165, 1.54) is 6.07 Å². The lowest BCUT2D eigenvalue weighted by Gasteiger charge is -2.26. The highest BCUT2D eigenvalue weighted by molar-refractivity contribution is 5.79. The Morgan fingerprint density at radius 1 is 1.41 bits per heavy atom. The number of amides is 1. The first-order valence-electron chi connectivity index (χ1n) is 5.70. The second-order valence-corrected chi connectivity index (χ2v) is 4.17. The van der Waals surface area contributed by atoms with Crippen LogP contribution in [0.4, 0.5) is 4.39 Å². The highest BCUT2D eigenvalue weighted by Gasteiger charge is 2.17. The lowest BCUT2D eigenvalue weighted by atomic mass is 10.1. The molecule has 0 atom stereocenters. The summed E-state index contributed by atoms with van der Waals surface area (Å²) < 4.78 is 13.4. The van der Waals surface area contributed by atoms with E-state index in [2.05, 4.69) is 0 Å². The first-order chi connectivity index (χ1) is 8.06. The molecule has 17 heavy (non-hydrogen) atoms. The lowest BCUT2D eigenvalue weighted by molar-refractivity contribution is -0.132. The largest absolute Gasteiger partial charge is 0.395 e. The summed E-state index contributed by atoms with van der Waals surface area (Å²) in [7, 11) is 0. The van der Waals surface area contributed by atoms with Gasteiger partial charge in [0.25, 0.3) is 0 Å². The second-order valence-electron chi connectivity index (χ2n) is 4.17. The number of nitrogens with zero attached hydrogens (tertiary/aromatic N) is 1. The van der Waals surface area contributed by atoms with Crippen molar-refractivity contribution >= 4 is 5.91 Å². The molecule has 0 aliphatic heterocycles. The zero-order valence-electron chi connectivity index (χ0n) is 10.2. The molecule has 3 nitrogen and oxygen atoms in total. The molecule has 0 aliphatic carbocycles. The Bertz CT molecular complexity index is 379. The van der Waals surface area contributed by atoms with E-state index in [1.807, 2.05) is 13.8 Å². The van der Waals surface area contributed by atoms with Crippen LogP contribution < -0.4 is 0 Å². The Hall–Kier alpha value is -1.42. The second kappa shape index (κ2) is 6.35. The third-order valence-corrected chi connectivity index (χ3v) is 2.58. The van der Waals surface area contributed by atoms with E-state index in [0.29, 0.717) is 5.56 Å². The molecule has 1 aromatic rings. The van der Waals surface area contributed by atoms with Crippen LogP contribution in [0.15, 0.2) is 24.3 Å². The minimum absolute atomic E-state index is 0.00132. The number of aliphatic hydroxyl groups excluding tert-OH is 1. The molecule has 1 rings (SSSR count). The van der Waals surface area contributed by atoms with Gasteiger partial charge in [0.05, 0.1) is 13.0 Å². The fraction of sp³-hybridized carbons (Fsp3) is 0.462. The van der Waals surface area contributed by atoms with E-state index < -0.39 is 0 Å². The highest BCUT2D eigenvalue weighted by atomic mass is 19.1. The van der Waals surface area contributed by atoms with Gasteiger partial charge in [-0.25, -0.2) is 4.39 Å². The molecular weight excluding hydrogens is 221 g/mol. The molecule has 0 fully saturated rings. The number of benzene rings is 1. The Kier molecular flexibility index (Phi) is 5.10. The van der Waals surface area contributed by atoms with Gasteiger partial charge in [-0.1, -0.05) is 18.2 Å². The molecule has 1 N–H and O–H groups in total. The van der Waals surface area contributed by atoms with Gasteiger partial charge in [-0.05, 0) is 25.5 Å². The van der Waals surface area contributed by atoms with Crippen molar-refractivity contribution in [1.29, 1.82) is 0 Å². The molecule has 1 amide bonds. The van der Waals surface area contributed by atoms with Gasteiger partial charge in [0.2, 0.25) is 5.91 Å². The number of hydrogen-bond donors (Lipinski definition) is 1. The van der Waals surface area contributed by atoms with Crippen molar-refractivity contribution in [1.82, 2.24) is 4.90 Å². The predicted octanol–water partition coefficient (Wildman–Crippen LogP) is 1.60. The Morgan fingerprint density at radius 3 is 2.59 bits per heavy atom. The number of rotatable bonds is 5. The van der Waals surface area contributed by atoms with E-state index in [4.69, 9.17) is 5.11 Å². The highest BCUT2D eigenvalue weighted by Crippen LogP contribution is 2.10. The number of aliphatic hydroxyl groups is 1. The molecule has 0 bridgehead atoms. The molecule has 0 saturated heterocycles. The fourth-order valence-electron chi connectivity index (χ4n) is 1.68. The van der Waals surface area contributed by atoms with Crippen LogP contribution in [0.2, 0.25) is 0 Å². The first kappa shape index (κ1) is 13.6. The minimum atomic E-state index is -0.367. The molecule has 94 valence electrons. The Morgan fingerprint density at radius 2 is 2.06 bits per heavy atom. The van der Waals surface area contributed by atoms with Gasteiger partial charge in [-0.2, -0.15) is 0 Å². The maximum Gasteiger partial charge on any atom is 0.227 e. The Balaban J connectivity index is 2.73. The summed E-state index contributed by atoms with van der Waals surface area (Å²) in [6.07, 6.45) is 0.0326. The molecule has 1 aromatic carbocycles. The third-order valence-electron chi connectivity index (χ3n) is 2.58. The molecule has 0 aromatic heterocycles. The summed E-state index contributed by atoms with van der Waals surface area (Å²) >= 11 is 0. The summed E-state index contributed by atoms with van der Waals surface area (Å²) in [5, 5.41) is 8.89. The SMILES string of the molecule is CC(C)N(CCO)C(=O)Cc1ccccc1F. The maximum atomic E-state index is 13.4. The number of hydrogen-bond acceptors (Lipinski definition) is 2. The van der Waals surface area contributed by atoms with Crippen molar-refractivity contribution in [3.8, 4) is 0 Å². The summed E-state index contributed by atoms with van der Waals surface area (Å²) in [6, 6.07) is 6.25. The normalized spacial score (nSPS) is 10.6. The van der Waals surface area contributed by atoms with E-state index >= 15 is 0 Å². The van der Waals surface area contributed by atoms with Gasteiger partial charge in [0.15, 0.2) is 0 Å². The van der Waals surface area contributed by atoms with Crippen molar-refractivity contribution in [2.75, 3.05) is 13.2 Å². The van der Waals surface area contributed by atoms with Crippen LogP contribution in [0.3, 0.4) is 0 Å². The zero-order valence-corrected chi connectivity index (χ0v) is 10.2. The number of halogens is 1. The molecule has 0 radical (unpaired) electrons. The van der Waals surface area contributed by atoms with E-state index in [0.717, 1.165) is 0 Å². The molecule has 0 aliphatic rings. The topological polar surface area (TPSA) is 40.5 Å². The van der Waals surface area contributed by atoms with E-state index in [9.17, 15) is 9.18 Å². The van der Waals surface area contributed by atoms with Gasteiger partial charge in [0, 0.05) is 12.6 Å². The third kappa shape index (κ3) is 3.82. The first-order valence-corrected chi connectivity index (χ1v) is 5.70. The molecule has 4 heteroatoms. The molecule has 0 spiro atoms. The average Bonchev–Trinajstić information content (AvgIpc) is 2.28. The van der Waals surface area contributed by atoms with Crippen molar-refractivity contribution in [3.05, 3.63) is 35.6 Å². The standard InChI is InChI=1S/C13H18FNO2/c1-10(2)15(7-8-16)13(17)9-11-5-3-4-6-12(11)14/h3-6,10,16H,7-9H2,1-2H3. The van der Waals surface area contributed by atoms with Crippen LogP contribution in [0.25, 0.3) is 0 Å². The van der Waals surface area contributed by atoms with Gasteiger partial charge in [-0.3, -0.25) is 4.79 Å². The minimum Gasteiger partial charge on any atom is -0.395 e. The van der Waals surface area contributed by atoms with Crippen LogP contribution in [0.5, 0.6) is 0 Å². The van der Waals surface area contributed by atoms with Crippen LogP contribution >= 0.6 is 0 Å². The van der Waals surface area contributed by atoms with Gasteiger partial charge in [-0.15, -0.1) is 0 Å². The van der Waals surface area contributed by atoms with Crippen LogP contribution in [-0.4, -0.2) is 35.1 Å². The monoisotopic (exact) mass is 239 g/mol. The maximum absolute atomic E-state index is 13.4. The van der Waals surface area contributed by atoms with Gasteiger partial charge >= 0.3 is 0 Å². The van der Waals surface area contributed by atoms with Crippen LogP contribution in [-0.2, 0) is 11.2 Å². The molecule has 0 heterocycles. The van der Waals surface area contributed by atoms with Crippen LogP contribution in [0.1, 0.15) is 19.4 Å². The zero-order chi connectivity index (χ0) is 12.8. The molecule has 0 saturated carbocycles. The van der Waals surface area contributed by atoms with E-state index in [1.54, 1.807) is 23.1 Å². The van der Waals surface area contributed by atoms with Crippen molar-refractivity contribution < 1.29 is 14.3 Å². The lowest BCUT2D eigenvalue weighted by Crippen LogP contribution is -2.40. The summed E-state index contributed by atoms with van der Waals surface area (Å²) in [6.45, 7) is 3.94. The molecule has 0 unspecified atom stereocenters. The summed E-state index contributed by atoms with van der Waals surface area (Å²) in [5.74, 6) is -0.535.